The van der Waals surface area contributed by atoms with Gasteiger partial charge in [-0.15, -0.1) is 21.5 Å². The SMILES string of the molecule is CC(Sc1nnc(-c2cccs2)n1CC1CCCO1)C(=O)c1ccc2c(c1)NC(=O)CO2. The van der Waals surface area contributed by atoms with Gasteiger partial charge in [-0.25, -0.2) is 0 Å². The number of rotatable bonds is 7. The van der Waals surface area contributed by atoms with E-state index in [9.17, 15) is 9.59 Å². The second-order valence-corrected chi connectivity index (χ2v) is 9.96. The van der Waals surface area contributed by atoms with Crippen molar-refractivity contribution in [2.75, 3.05) is 18.5 Å². The van der Waals surface area contributed by atoms with E-state index in [0.717, 1.165) is 30.2 Å². The summed E-state index contributed by atoms with van der Waals surface area (Å²) < 4.78 is 13.3. The van der Waals surface area contributed by atoms with Crippen molar-refractivity contribution in [3.05, 3.63) is 41.3 Å². The summed E-state index contributed by atoms with van der Waals surface area (Å²) in [5.74, 6) is 1.08. The quantitative estimate of drug-likeness (QED) is 0.414. The lowest BCUT2D eigenvalue weighted by Gasteiger charge is -2.19. The summed E-state index contributed by atoms with van der Waals surface area (Å²) in [7, 11) is 0. The molecule has 1 fully saturated rings. The zero-order chi connectivity index (χ0) is 22.1. The molecule has 2 atom stereocenters. The lowest BCUT2D eigenvalue weighted by molar-refractivity contribution is -0.118. The Morgan fingerprint density at radius 1 is 1.38 bits per heavy atom. The van der Waals surface area contributed by atoms with Gasteiger partial charge in [0.05, 0.1) is 28.5 Å². The molecule has 32 heavy (non-hydrogen) atoms. The van der Waals surface area contributed by atoms with E-state index in [4.69, 9.17) is 9.47 Å². The number of thioether (sulfide) groups is 1. The zero-order valence-corrected chi connectivity index (χ0v) is 19.1. The van der Waals surface area contributed by atoms with E-state index in [2.05, 4.69) is 20.1 Å². The second kappa shape index (κ2) is 9.05. The van der Waals surface area contributed by atoms with Gasteiger partial charge in [0.1, 0.15) is 5.75 Å². The molecular formula is C22H22N4O4S2. The molecule has 0 aliphatic carbocycles. The molecule has 0 saturated carbocycles. The summed E-state index contributed by atoms with van der Waals surface area (Å²) in [6.07, 6.45) is 2.18. The number of carbonyl (C=O) groups excluding carboxylic acids is 2. The minimum absolute atomic E-state index is 0.0144. The Labute approximate surface area is 193 Å². The number of ether oxygens (including phenoxy) is 2. The highest BCUT2D eigenvalue weighted by Gasteiger charge is 2.26. The van der Waals surface area contributed by atoms with Gasteiger partial charge in [0, 0.05) is 12.2 Å². The number of fused-ring (bicyclic) bond motifs is 1. The van der Waals surface area contributed by atoms with Crippen LogP contribution in [0.2, 0.25) is 0 Å². The molecule has 1 amide bonds. The number of ketones is 1. The lowest BCUT2D eigenvalue weighted by atomic mass is 10.1. The fourth-order valence-corrected chi connectivity index (χ4v) is 5.46. The number of hydrogen-bond donors (Lipinski definition) is 1. The van der Waals surface area contributed by atoms with Crippen molar-refractivity contribution in [1.29, 1.82) is 0 Å². The number of anilines is 1. The Balaban J connectivity index is 1.38. The monoisotopic (exact) mass is 470 g/mol. The first-order valence-corrected chi connectivity index (χ1v) is 12.2. The fraction of sp³-hybridized carbons (Fsp3) is 0.364. The van der Waals surface area contributed by atoms with Gasteiger partial charge < -0.3 is 14.8 Å². The maximum absolute atomic E-state index is 13.2. The first kappa shape index (κ1) is 21.2. The predicted octanol–water partition coefficient (Wildman–Crippen LogP) is 3.88. The number of hydrogen-bond acceptors (Lipinski definition) is 8. The maximum Gasteiger partial charge on any atom is 0.262 e. The van der Waals surface area contributed by atoms with Crippen LogP contribution in [0.25, 0.3) is 10.7 Å². The van der Waals surface area contributed by atoms with E-state index in [1.807, 2.05) is 24.4 Å². The molecule has 5 rings (SSSR count). The number of thiophene rings is 1. The molecule has 0 spiro atoms. The van der Waals surface area contributed by atoms with Crippen molar-refractivity contribution in [3.63, 3.8) is 0 Å². The van der Waals surface area contributed by atoms with Crippen LogP contribution in [-0.4, -0.2) is 51.0 Å². The number of benzene rings is 1. The van der Waals surface area contributed by atoms with Crippen LogP contribution in [0.5, 0.6) is 5.75 Å². The van der Waals surface area contributed by atoms with Crippen molar-refractivity contribution in [2.24, 2.45) is 0 Å². The fourth-order valence-electron chi connectivity index (χ4n) is 3.80. The Morgan fingerprint density at radius 3 is 3.06 bits per heavy atom. The smallest absolute Gasteiger partial charge is 0.262 e. The number of nitrogens with zero attached hydrogens (tertiary/aromatic N) is 3. The highest BCUT2D eigenvalue weighted by Crippen LogP contribution is 2.33. The molecule has 8 nitrogen and oxygen atoms in total. The number of aromatic nitrogens is 3. The highest BCUT2D eigenvalue weighted by molar-refractivity contribution is 8.00. The predicted molar refractivity (Wildman–Crippen MR) is 123 cm³/mol. The Kier molecular flexibility index (Phi) is 5.99. The van der Waals surface area contributed by atoms with E-state index < -0.39 is 5.25 Å². The molecule has 3 aromatic rings. The summed E-state index contributed by atoms with van der Waals surface area (Å²) in [5.41, 5.74) is 1.03. The second-order valence-electron chi connectivity index (χ2n) is 7.70. The molecule has 2 unspecified atom stereocenters. The Bertz CT molecular complexity index is 1140. The van der Waals surface area contributed by atoms with Crippen LogP contribution >= 0.6 is 23.1 Å². The highest BCUT2D eigenvalue weighted by atomic mass is 32.2. The summed E-state index contributed by atoms with van der Waals surface area (Å²) in [4.78, 5) is 25.8. The van der Waals surface area contributed by atoms with E-state index in [1.165, 1.54) is 11.8 Å². The first-order valence-electron chi connectivity index (χ1n) is 10.4. The molecule has 1 N–H and O–H groups in total. The number of carbonyl (C=O) groups is 2. The maximum atomic E-state index is 13.2. The normalized spacial score (nSPS) is 18.7. The van der Waals surface area contributed by atoms with Gasteiger partial charge in [0.25, 0.3) is 5.91 Å². The van der Waals surface area contributed by atoms with Crippen molar-refractivity contribution in [3.8, 4) is 16.5 Å². The largest absolute Gasteiger partial charge is 0.482 e. The van der Waals surface area contributed by atoms with Crippen LogP contribution < -0.4 is 10.1 Å². The average Bonchev–Trinajstić information content (AvgIpc) is 3.56. The van der Waals surface area contributed by atoms with Gasteiger partial charge in [0.2, 0.25) is 0 Å². The van der Waals surface area contributed by atoms with Gasteiger partial charge in [0.15, 0.2) is 23.4 Å². The molecular weight excluding hydrogens is 448 g/mol. The van der Waals surface area contributed by atoms with Gasteiger partial charge in [-0.3, -0.25) is 14.2 Å². The molecule has 0 radical (unpaired) electrons. The zero-order valence-electron chi connectivity index (χ0n) is 17.4. The van der Waals surface area contributed by atoms with E-state index >= 15 is 0 Å². The molecule has 166 valence electrons. The third-order valence-electron chi connectivity index (χ3n) is 5.42. The first-order chi connectivity index (χ1) is 15.6. The summed E-state index contributed by atoms with van der Waals surface area (Å²) in [6.45, 7) is 3.28. The Hall–Kier alpha value is -2.69. The number of nitrogens with one attached hydrogen (secondary N) is 1. The van der Waals surface area contributed by atoms with Crippen LogP contribution in [0.4, 0.5) is 5.69 Å². The van der Waals surface area contributed by atoms with Crippen LogP contribution in [0, 0.1) is 0 Å². The molecule has 1 aromatic carbocycles. The van der Waals surface area contributed by atoms with E-state index in [0.29, 0.717) is 28.7 Å². The topological polar surface area (TPSA) is 95.3 Å². The van der Waals surface area contributed by atoms with Crippen molar-refractivity contribution < 1.29 is 19.1 Å². The van der Waals surface area contributed by atoms with Crippen molar-refractivity contribution in [2.45, 2.75) is 42.8 Å². The molecule has 10 heteroatoms. The van der Waals surface area contributed by atoms with Crippen LogP contribution in [-0.2, 0) is 16.1 Å². The van der Waals surface area contributed by atoms with Gasteiger partial charge >= 0.3 is 0 Å². The lowest BCUT2D eigenvalue weighted by Crippen LogP contribution is -2.26. The van der Waals surface area contributed by atoms with E-state index in [-0.39, 0.29) is 24.4 Å². The van der Waals surface area contributed by atoms with Crippen LogP contribution in [0.1, 0.15) is 30.1 Å². The molecule has 2 aromatic heterocycles. The minimum Gasteiger partial charge on any atom is -0.482 e. The summed E-state index contributed by atoms with van der Waals surface area (Å²) in [6, 6.07) is 9.12. The van der Waals surface area contributed by atoms with Crippen molar-refractivity contribution >= 4 is 40.5 Å². The number of Topliss-reactive ketones (excluding diaryl/α,β-unsaturated/α-hetero) is 1. The molecule has 0 bridgehead atoms. The summed E-state index contributed by atoms with van der Waals surface area (Å²) in [5, 5.41) is 13.9. The third-order valence-corrected chi connectivity index (χ3v) is 7.36. The third kappa shape index (κ3) is 4.30. The number of amides is 1. The standard InChI is InChI=1S/C22H22N4O4S2/c1-13(20(28)14-6-7-17-16(10-14)23-19(27)12-30-17)32-22-25-24-21(18-5-3-9-31-18)26(22)11-15-4-2-8-29-15/h3,5-7,9-10,13,15H,2,4,8,11-12H2,1H3,(H,23,27). The van der Waals surface area contributed by atoms with Crippen LogP contribution in [0.15, 0.2) is 40.9 Å². The van der Waals surface area contributed by atoms with Crippen molar-refractivity contribution in [1.82, 2.24) is 14.8 Å². The van der Waals surface area contributed by atoms with Gasteiger partial charge in [-0.1, -0.05) is 17.8 Å². The van der Waals surface area contributed by atoms with Gasteiger partial charge in [-0.05, 0) is 49.4 Å². The molecule has 2 aliphatic rings. The van der Waals surface area contributed by atoms with Crippen LogP contribution in [0.3, 0.4) is 0 Å². The van der Waals surface area contributed by atoms with Gasteiger partial charge in [-0.2, -0.15) is 0 Å². The molecule has 2 aliphatic heterocycles. The molecule has 4 heterocycles. The van der Waals surface area contributed by atoms with E-state index in [1.54, 1.807) is 29.5 Å². The minimum atomic E-state index is -0.392. The summed E-state index contributed by atoms with van der Waals surface area (Å²) >= 11 is 2.99. The molecule has 1 saturated heterocycles. The average molecular weight is 471 g/mol. The Morgan fingerprint density at radius 2 is 2.28 bits per heavy atom.